The van der Waals surface area contributed by atoms with Gasteiger partial charge in [-0.2, -0.15) is 0 Å². The van der Waals surface area contributed by atoms with Crippen LogP contribution in [-0.2, 0) is 4.74 Å². The zero-order valence-corrected chi connectivity index (χ0v) is 14.4. The van der Waals surface area contributed by atoms with Crippen LogP contribution in [0.1, 0.15) is 10.4 Å². The van der Waals surface area contributed by atoms with Gasteiger partial charge in [-0.05, 0) is 12.1 Å². The molecule has 0 aromatic heterocycles. The minimum absolute atomic E-state index is 0. The summed E-state index contributed by atoms with van der Waals surface area (Å²) in [6.07, 6.45) is -0.125. The number of carbonyl (C=O) groups is 1. The zero-order chi connectivity index (χ0) is 16.1. The van der Waals surface area contributed by atoms with Gasteiger partial charge in [0.2, 0.25) is 5.75 Å². The van der Waals surface area contributed by atoms with Crippen LogP contribution in [0, 0.1) is 0 Å². The lowest BCUT2D eigenvalue weighted by molar-refractivity contribution is -0.0167. The highest BCUT2D eigenvalue weighted by atomic mass is 35.5. The van der Waals surface area contributed by atoms with Crippen LogP contribution < -0.4 is 19.9 Å². The van der Waals surface area contributed by atoms with Crippen LogP contribution in [0.2, 0.25) is 0 Å². The summed E-state index contributed by atoms with van der Waals surface area (Å²) in [5, 5.41) is 0. The monoisotopic (exact) mass is 346 g/mol. The van der Waals surface area contributed by atoms with E-state index in [1.807, 2.05) is 0 Å². The Hall–Kier alpha value is -1.70. The number of halogens is 1. The molecule has 1 aliphatic rings. The van der Waals surface area contributed by atoms with Crippen molar-refractivity contribution in [3.05, 3.63) is 17.7 Å². The standard InChI is InChI=1S/C15H22N2O5.ClH/c1-19-12-6-10(7-13(20-2)14(12)21-3)15(18)17-4-5-22-11(8-16)9-17;/h6-7,11H,4-5,8-9,16H2,1-3H3;1H. The summed E-state index contributed by atoms with van der Waals surface area (Å²) in [6, 6.07) is 3.30. The molecule has 0 radical (unpaired) electrons. The maximum Gasteiger partial charge on any atom is 0.254 e. The van der Waals surface area contributed by atoms with Crippen LogP contribution >= 0.6 is 12.4 Å². The molecule has 1 fully saturated rings. The summed E-state index contributed by atoms with van der Waals surface area (Å²) < 4.78 is 21.3. The summed E-state index contributed by atoms with van der Waals surface area (Å²) in [5.41, 5.74) is 6.09. The second-order valence-corrected chi connectivity index (χ2v) is 4.89. The molecule has 2 N–H and O–H groups in total. The number of benzene rings is 1. The molecule has 7 nitrogen and oxygen atoms in total. The molecule has 1 aromatic rings. The van der Waals surface area contributed by atoms with E-state index in [4.69, 9.17) is 24.7 Å². The van der Waals surface area contributed by atoms with Crippen molar-refractivity contribution in [2.45, 2.75) is 6.10 Å². The van der Waals surface area contributed by atoms with E-state index in [9.17, 15) is 4.79 Å². The minimum atomic E-state index is -0.125. The molecule has 8 heteroatoms. The molecule has 0 bridgehead atoms. The third kappa shape index (κ3) is 4.19. The maximum absolute atomic E-state index is 12.7. The molecule has 2 rings (SSSR count). The van der Waals surface area contributed by atoms with E-state index >= 15 is 0 Å². The van der Waals surface area contributed by atoms with Crippen LogP contribution in [-0.4, -0.2) is 64.5 Å². The molecule has 1 heterocycles. The van der Waals surface area contributed by atoms with E-state index in [0.29, 0.717) is 49.1 Å². The van der Waals surface area contributed by atoms with Crippen molar-refractivity contribution < 1.29 is 23.7 Å². The van der Waals surface area contributed by atoms with Gasteiger partial charge in [0, 0.05) is 25.2 Å². The highest BCUT2D eigenvalue weighted by Gasteiger charge is 2.26. The molecular weight excluding hydrogens is 324 g/mol. The van der Waals surface area contributed by atoms with Gasteiger partial charge in [0.25, 0.3) is 5.91 Å². The number of ether oxygens (including phenoxy) is 4. The van der Waals surface area contributed by atoms with Crippen molar-refractivity contribution >= 4 is 18.3 Å². The van der Waals surface area contributed by atoms with Crippen LogP contribution in [0.15, 0.2) is 12.1 Å². The van der Waals surface area contributed by atoms with Crippen molar-refractivity contribution in [3.63, 3.8) is 0 Å². The Balaban J connectivity index is 0.00000264. The van der Waals surface area contributed by atoms with E-state index in [1.54, 1.807) is 17.0 Å². The van der Waals surface area contributed by atoms with Crippen molar-refractivity contribution in [2.24, 2.45) is 5.73 Å². The van der Waals surface area contributed by atoms with Gasteiger partial charge in [0.15, 0.2) is 11.5 Å². The molecule has 130 valence electrons. The molecule has 0 spiro atoms. The zero-order valence-electron chi connectivity index (χ0n) is 13.5. The fourth-order valence-corrected chi connectivity index (χ4v) is 2.43. The number of hydrogen-bond acceptors (Lipinski definition) is 6. The number of nitrogens with two attached hydrogens (primary N) is 1. The third-order valence-electron chi connectivity index (χ3n) is 3.60. The Labute approximate surface area is 142 Å². The first-order valence-electron chi connectivity index (χ1n) is 7.05. The van der Waals surface area contributed by atoms with Gasteiger partial charge in [0.05, 0.1) is 34.0 Å². The second kappa shape index (κ2) is 8.81. The highest BCUT2D eigenvalue weighted by molar-refractivity contribution is 5.95. The SMILES string of the molecule is COc1cc(C(=O)N2CCOC(CN)C2)cc(OC)c1OC.Cl. The maximum atomic E-state index is 12.7. The first-order chi connectivity index (χ1) is 10.6. The van der Waals surface area contributed by atoms with E-state index < -0.39 is 0 Å². The van der Waals surface area contributed by atoms with Crippen molar-refractivity contribution in [3.8, 4) is 17.2 Å². The molecule has 1 unspecified atom stereocenters. The van der Waals surface area contributed by atoms with E-state index in [0.717, 1.165) is 0 Å². The van der Waals surface area contributed by atoms with E-state index in [1.165, 1.54) is 21.3 Å². The van der Waals surface area contributed by atoms with Gasteiger partial charge in [-0.25, -0.2) is 0 Å². The van der Waals surface area contributed by atoms with Gasteiger partial charge in [-0.15, -0.1) is 12.4 Å². The Morgan fingerprint density at radius 2 is 1.87 bits per heavy atom. The average molecular weight is 347 g/mol. The van der Waals surface area contributed by atoms with E-state index in [-0.39, 0.29) is 24.4 Å². The van der Waals surface area contributed by atoms with Gasteiger partial charge >= 0.3 is 0 Å². The van der Waals surface area contributed by atoms with Crippen LogP contribution in [0.4, 0.5) is 0 Å². The summed E-state index contributed by atoms with van der Waals surface area (Å²) in [4.78, 5) is 14.4. The van der Waals surface area contributed by atoms with Crippen molar-refractivity contribution in [2.75, 3.05) is 47.6 Å². The van der Waals surface area contributed by atoms with Gasteiger partial charge < -0.3 is 29.6 Å². The normalized spacial score (nSPS) is 17.2. The Bertz CT molecular complexity index is 516. The predicted octanol–water partition coefficient (Wildman–Crippen LogP) is 0.934. The number of hydrogen-bond donors (Lipinski definition) is 1. The lowest BCUT2D eigenvalue weighted by atomic mass is 10.1. The molecule has 1 amide bonds. The fraction of sp³-hybridized carbons (Fsp3) is 0.533. The van der Waals surface area contributed by atoms with Gasteiger partial charge in [-0.1, -0.05) is 0 Å². The van der Waals surface area contributed by atoms with Crippen LogP contribution in [0.3, 0.4) is 0 Å². The summed E-state index contributed by atoms with van der Waals surface area (Å²) in [6.45, 7) is 1.88. The summed E-state index contributed by atoms with van der Waals surface area (Å²) in [5.74, 6) is 1.26. The molecule has 1 saturated heterocycles. The second-order valence-electron chi connectivity index (χ2n) is 4.89. The molecule has 1 aliphatic heterocycles. The molecular formula is C15H23ClN2O5. The minimum Gasteiger partial charge on any atom is -0.493 e. The smallest absolute Gasteiger partial charge is 0.254 e. The van der Waals surface area contributed by atoms with Gasteiger partial charge in [-0.3, -0.25) is 4.79 Å². The first-order valence-corrected chi connectivity index (χ1v) is 7.05. The summed E-state index contributed by atoms with van der Waals surface area (Å²) >= 11 is 0. The van der Waals surface area contributed by atoms with Crippen molar-refractivity contribution in [1.29, 1.82) is 0 Å². The Morgan fingerprint density at radius 1 is 1.26 bits per heavy atom. The first kappa shape index (κ1) is 19.3. The number of rotatable bonds is 5. The molecule has 23 heavy (non-hydrogen) atoms. The lowest BCUT2D eigenvalue weighted by Gasteiger charge is -2.32. The average Bonchev–Trinajstić information content (AvgIpc) is 2.59. The highest BCUT2D eigenvalue weighted by Crippen LogP contribution is 2.38. The van der Waals surface area contributed by atoms with E-state index in [2.05, 4.69) is 0 Å². The van der Waals surface area contributed by atoms with Crippen LogP contribution in [0.5, 0.6) is 17.2 Å². The fourth-order valence-electron chi connectivity index (χ4n) is 2.43. The quantitative estimate of drug-likeness (QED) is 0.854. The molecule has 1 atom stereocenters. The number of nitrogens with zero attached hydrogens (tertiary/aromatic N) is 1. The lowest BCUT2D eigenvalue weighted by Crippen LogP contribution is -2.48. The number of morpholine rings is 1. The summed E-state index contributed by atoms with van der Waals surface area (Å²) in [7, 11) is 4.56. The molecule has 0 saturated carbocycles. The Kier molecular flexibility index (Phi) is 7.41. The topological polar surface area (TPSA) is 83.2 Å². The number of methoxy groups -OCH3 is 3. The molecule has 0 aliphatic carbocycles. The number of amides is 1. The predicted molar refractivity (Wildman–Crippen MR) is 88.0 cm³/mol. The van der Waals surface area contributed by atoms with Crippen LogP contribution in [0.25, 0.3) is 0 Å². The van der Waals surface area contributed by atoms with Gasteiger partial charge in [0.1, 0.15) is 0 Å². The third-order valence-corrected chi connectivity index (χ3v) is 3.60. The largest absolute Gasteiger partial charge is 0.493 e. The van der Waals surface area contributed by atoms with Crippen molar-refractivity contribution in [1.82, 2.24) is 4.90 Å². The number of carbonyl (C=O) groups excluding carboxylic acids is 1. The Morgan fingerprint density at radius 3 is 2.35 bits per heavy atom. The molecule has 1 aromatic carbocycles.